The van der Waals surface area contributed by atoms with Gasteiger partial charge in [-0.25, -0.2) is 9.18 Å². The topological polar surface area (TPSA) is 109 Å². The van der Waals surface area contributed by atoms with E-state index in [0.29, 0.717) is 5.56 Å². The van der Waals surface area contributed by atoms with Gasteiger partial charge in [0.2, 0.25) is 0 Å². The van der Waals surface area contributed by atoms with Gasteiger partial charge in [-0.2, -0.15) is 0 Å². The molecule has 0 aliphatic carbocycles. The van der Waals surface area contributed by atoms with Crippen LogP contribution in [0, 0.1) is 11.7 Å². The molecule has 27 heavy (non-hydrogen) atoms. The Morgan fingerprint density at radius 2 is 1.81 bits per heavy atom. The number of halogens is 1. The van der Waals surface area contributed by atoms with Crippen LogP contribution in [0.15, 0.2) is 52.8 Å². The lowest BCUT2D eigenvalue weighted by molar-refractivity contribution is -0.142. The van der Waals surface area contributed by atoms with Gasteiger partial charge >= 0.3 is 5.97 Å². The molecule has 0 saturated carbocycles. The summed E-state index contributed by atoms with van der Waals surface area (Å²) in [6, 6.07) is 7.01. The van der Waals surface area contributed by atoms with Crippen LogP contribution in [0.25, 0.3) is 6.08 Å². The smallest absolute Gasteiger partial charge is 0.326 e. The van der Waals surface area contributed by atoms with Gasteiger partial charge in [0.15, 0.2) is 5.76 Å². The van der Waals surface area contributed by atoms with Gasteiger partial charge in [-0.05, 0) is 41.8 Å². The summed E-state index contributed by atoms with van der Waals surface area (Å²) < 4.78 is 18.1. The highest BCUT2D eigenvalue weighted by molar-refractivity contribution is 6.05. The highest BCUT2D eigenvalue weighted by atomic mass is 19.1. The number of hydrogen-bond acceptors (Lipinski definition) is 4. The lowest BCUT2D eigenvalue weighted by atomic mass is 10.0. The molecule has 1 atom stereocenters. The molecule has 8 heteroatoms. The fourth-order valence-electron chi connectivity index (χ4n) is 2.21. The first-order valence-corrected chi connectivity index (χ1v) is 8.13. The Bertz CT molecular complexity index is 841. The van der Waals surface area contributed by atoms with Crippen molar-refractivity contribution in [1.29, 1.82) is 0 Å². The second kappa shape index (κ2) is 8.79. The summed E-state index contributed by atoms with van der Waals surface area (Å²) in [6.45, 7) is 3.29. The average Bonchev–Trinajstić information content (AvgIpc) is 3.14. The zero-order valence-electron chi connectivity index (χ0n) is 14.7. The molecule has 0 bridgehead atoms. The number of rotatable bonds is 7. The zero-order valence-corrected chi connectivity index (χ0v) is 14.7. The van der Waals surface area contributed by atoms with Crippen LogP contribution in [0.2, 0.25) is 0 Å². The van der Waals surface area contributed by atoms with Crippen LogP contribution in [0.4, 0.5) is 4.39 Å². The van der Waals surface area contributed by atoms with Crippen molar-refractivity contribution in [2.75, 3.05) is 0 Å². The lowest BCUT2D eigenvalue weighted by Crippen LogP contribution is -2.47. The third-order valence-corrected chi connectivity index (χ3v) is 3.64. The van der Waals surface area contributed by atoms with Gasteiger partial charge in [-0.15, -0.1) is 0 Å². The number of carboxylic acid groups (broad SMARTS) is 1. The molecule has 2 amide bonds. The maximum absolute atomic E-state index is 13.1. The molecule has 1 heterocycles. The SMILES string of the molecule is CC(C)C(NC(=O)/C(=C\c1ccc(F)cc1)NC(=O)c1ccco1)C(=O)O. The molecule has 0 radical (unpaired) electrons. The largest absolute Gasteiger partial charge is 0.480 e. The van der Waals surface area contributed by atoms with Crippen molar-refractivity contribution >= 4 is 23.9 Å². The van der Waals surface area contributed by atoms with Crippen molar-refractivity contribution in [3.8, 4) is 0 Å². The first-order valence-electron chi connectivity index (χ1n) is 8.13. The average molecular weight is 374 g/mol. The molecule has 1 unspecified atom stereocenters. The Labute approximate surface area is 154 Å². The normalized spacial score (nSPS) is 12.5. The van der Waals surface area contributed by atoms with E-state index in [0.717, 1.165) is 0 Å². The first-order chi connectivity index (χ1) is 12.8. The van der Waals surface area contributed by atoms with Crippen LogP contribution < -0.4 is 10.6 Å². The van der Waals surface area contributed by atoms with Crippen LogP contribution >= 0.6 is 0 Å². The van der Waals surface area contributed by atoms with Crippen molar-refractivity contribution in [2.45, 2.75) is 19.9 Å². The second-order valence-corrected chi connectivity index (χ2v) is 6.07. The van der Waals surface area contributed by atoms with Crippen LogP contribution in [-0.2, 0) is 9.59 Å². The Morgan fingerprint density at radius 3 is 2.33 bits per heavy atom. The number of nitrogens with one attached hydrogen (secondary N) is 2. The lowest BCUT2D eigenvalue weighted by Gasteiger charge is -2.19. The number of furan rings is 1. The molecule has 142 valence electrons. The van der Waals surface area contributed by atoms with E-state index < -0.39 is 29.6 Å². The highest BCUT2D eigenvalue weighted by Crippen LogP contribution is 2.10. The van der Waals surface area contributed by atoms with Crippen LogP contribution in [0.5, 0.6) is 0 Å². The predicted molar refractivity (Wildman–Crippen MR) is 95.0 cm³/mol. The summed E-state index contributed by atoms with van der Waals surface area (Å²) in [7, 11) is 0. The molecule has 0 aliphatic rings. The maximum Gasteiger partial charge on any atom is 0.326 e. The summed E-state index contributed by atoms with van der Waals surface area (Å²) in [5.74, 6) is -3.52. The quantitative estimate of drug-likeness (QED) is 0.645. The number of amides is 2. The van der Waals surface area contributed by atoms with Gasteiger partial charge in [-0.3, -0.25) is 9.59 Å². The third kappa shape index (κ3) is 5.53. The molecule has 2 rings (SSSR count). The fraction of sp³-hybridized carbons (Fsp3) is 0.211. The zero-order chi connectivity index (χ0) is 20.0. The molecule has 0 aliphatic heterocycles. The van der Waals surface area contributed by atoms with Gasteiger partial charge in [0, 0.05) is 0 Å². The van der Waals surface area contributed by atoms with E-state index in [1.807, 2.05) is 0 Å². The van der Waals surface area contributed by atoms with Crippen molar-refractivity contribution in [3.63, 3.8) is 0 Å². The predicted octanol–water partition coefficient (Wildman–Crippen LogP) is 2.42. The Morgan fingerprint density at radius 1 is 1.15 bits per heavy atom. The Kier molecular flexibility index (Phi) is 6.48. The van der Waals surface area contributed by atoms with Gasteiger partial charge < -0.3 is 20.2 Å². The van der Waals surface area contributed by atoms with E-state index in [9.17, 15) is 23.9 Å². The number of carbonyl (C=O) groups is 3. The van der Waals surface area contributed by atoms with Crippen LogP contribution in [0.1, 0.15) is 30.0 Å². The van der Waals surface area contributed by atoms with Crippen molar-refractivity contribution < 1.29 is 28.3 Å². The Balaban J connectivity index is 2.30. The first kappa shape index (κ1) is 19.9. The van der Waals surface area contributed by atoms with E-state index in [1.165, 1.54) is 48.7 Å². The summed E-state index contributed by atoms with van der Waals surface area (Å²) in [5.41, 5.74) is 0.243. The fourth-order valence-corrected chi connectivity index (χ4v) is 2.21. The summed E-state index contributed by atoms with van der Waals surface area (Å²) in [4.78, 5) is 36.1. The molecular formula is C19H19FN2O5. The number of benzene rings is 1. The van der Waals surface area contributed by atoms with E-state index in [2.05, 4.69) is 10.6 Å². The molecule has 3 N–H and O–H groups in total. The molecular weight excluding hydrogens is 355 g/mol. The number of hydrogen-bond donors (Lipinski definition) is 3. The van der Waals surface area contributed by atoms with Crippen molar-refractivity contribution in [3.05, 3.63) is 65.5 Å². The standard InChI is InChI=1S/C19H19FN2O5/c1-11(2)16(19(25)26)22-17(23)14(10-12-5-7-13(20)8-6-12)21-18(24)15-4-3-9-27-15/h3-11,16H,1-2H3,(H,21,24)(H,22,23)(H,25,26)/b14-10+. The second-order valence-electron chi connectivity index (χ2n) is 6.07. The van der Waals surface area contributed by atoms with Gasteiger partial charge in [-0.1, -0.05) is 26.0 Å². The molecule has 0 spiro atoms. The summed E-state index contributed by atoms with van der Waals surface area (Å²) >= 11 is 0. The minimum atomic E-state index is -1.20. The number of carboxylic acids is 1. The number of aliphatic carboxylic acids is 1. The molecule has 0 saturated heterocycles. The summed E-state index contributed by atoms with van der Waals surface area (Å²) in [6.07, 6.45) is 2.62. The molecule has 1 aromatic heterocycles. The minimum absolute atomic E-state index is 0.0218. The molecule has 1 aromatic carbocycles. The van der Waals surface area contributed by atoms with E-state index in [4.69, 9.17) is 4.42 Å². The Hall–Kier alpha value is -3.42. The van der Waals surface area contributed by atoms with E-state index in [1.54, 1.807) is 13.8 Å². The third-order valence-electron chi connectivity index (χ3n) is 3.64. The van der Waals surface area contributed by atoms with Gasteiger partial charge in [0.25, 0.3) is 11.8 Å². The van der Waals surface area contributed by atoms with Crippen LogP contribution in [0.3, 0.4) is 0 Å². The molecule has 7 nitrogen and oxygen atoms in total. The molecule has 0 fully saturated rings. The molecule has 2 aromatic rings. The maximum atomic E-state index is 13.1. The van der Waals surface area contributed by atoms with Crippen molar-refractivity contribution in [1.82, 2.24) is 10.6 Å². The van der Waals surface area contributed by atoms with Gasteiger partial charge in [0.1, 0.15) is 17.6 Å². The monoisotopic (exact) mass is 374 g/mol. The highest BCUT2D eigenvalue weighted by Gasteiger charge is 2.26. The van der Waals surface area contributed by atoms with Gasteiger partial charge in [0.05, 0.1) is 6.26 Å². The van der Waals surface area contributed by atoms with Crippen LogP contribution in [-0.4, -0.2) is 28.9 Å². The van der Waals surface area contributed by atoms with Crippen molar-refractivity contribution in [2.24, 2.45) is 5.92 Å². The number of carbonyl (C=O) groups excluding carboxylic acids is 2. The van der Waals surface area contributed by atoms with E-state index >= 15 is 0 Å². The summed E-state index contributed by atoms with van der Waals surface area (Å²) in [5, 5.41) is 14.0. The van der Waals surface area contributed by atoms with E-state index in [-0.39, 0.29) is 17.4 Å². The minimum Gasteiger partial charge on any atom is -0.480 e.